The van der Waals surface area contributed by atoms with Crippen molar-refractivity contribution in [2.75, 3.05) is 0 Å². The van der Waals surface area contributed by atoms with E-state index >= 15 is 0 Å². The van der Waals surface area contributed by atoms with Crippen LogP contribution in [-0.4, -0.2) is 5.84 Å². The van der Waals surface area contributed by atoms with Gasteiger partial charge < -0.3 is 14.6 Å². The molecule has 0 aliphatic carbocycles. The van der Waals surface area contributed by atoms with Crippen LogP contribution in [0.2, 0.25) is 0 Å². The van der Waals surface area contributed by atoms with Gasteiger partial charge in [-0.25, -0.2) is 4.99 Å². The smallest absolute Gasteiger partial charge is 0.139 e. The molecular formula is C45H31N3O2S. The van der Waals surface area contributed by atoms with Crippen LogP contribution < -0.4 is 11.1 Å². The molecular weight excluding hydrogens is 647 g/mol. The fraction of sp³-hybridized carbons (Fsp3) is 0.0444. The zero-order valence-electron chi connectivity index (χ0n) is 27.5. The van der Waals surface area contributed by atoms with Gasteiger partial charge in [0.25, 0.3) is 0 Å². The second kappa shape index (κ2) is 12.0. The van der Waals surface area contributed by atoms with Crippen molar-refractivity contribution in [2.24, 2.45) is 10.7 Å². The summed E-state index contributed by atoms with van der Waals surface area (Å²) in [6, 6.07) is 52.4. The lowest BCUT2D eigenvalue weighted by molar-refractivity contribution is 0.550. The average molecular weight is 678 g/mol. The SMILES string of the molecule is N/C(=N\C(NCc1cccc2c1oc1cc(-c3cccc4c3sc3ccccc34)ccc12)c1ccccc1)c1ccc2c(c1)oc1ccccc12. The van der Waals surface area contributed by atoms with Crippen LogP contribution in [0.1, 0.15) is 22.9 Å². The summed E-state index contributed by atoms with van der Waals surface area (Å²) in [5.74, 6) is 0.432. The molecule has 0 aliphatic rings. The minimum absolute atomic E-state index is 0.384. The van der Waals surface area contributed by atoms with E-state index in [1.54, 1.807) is 0 Å². The molecule has 0 bridgehead atoms. The minimum atomic E-state index is -0.384. The fourth-order valence-electron chi connectivity index (χ4n) is 7.32. The van der Waals surface area contributed by atoms with Gasteiger partial charge in [-0.15, -0.1) is 11.3 Å². The van der Waals surface area contributed by atoms with Crippen LogP contribution in [0.5, 0.6) is 0 Å². The summed E-state index contributed by atoms with van der Waals surface area (Å²) in [5.41, 5.74) is 15.3. The van der Waals surface area contributed by atoms with Crippen molar-refractivity contribution in [1.29, 1.82) is 0 Å². The molecule has 1 unspecified atom stereocenters. The van der Waals surface area contributed by atoms with Crippen LogP contribution in [0.4, 0.5) is 0 Å². The zero-order chi connectivity index (χ0) is 33.9. The van der Waals surface area contributed by atoms with E-state index < -0.39 is 0 Å². The van der Waals surface area contributed by atoms with Crippen molar-refractivity contribution in [3.05, 3.63) is 168 Å². The van der Waals surface area contributed by atoms with Gasteiger partial charge in [0.2, 0.25) is 0 Å². The van der Waals surface area contributed by atoms with Crippen LogP contribution in [0, 0.1) is 0 Å². The van der Waals surface area contributed by atoms with E-state index in [9.17, 15) is 0 Å². The summed E-state index contributed by atoms with van der Waals surface area (Å²) in [5, 5.41) is 10.6. The second-order valence-electron chi connectivity index (χ2n) is 12.9. The van der Waals surface area contributed by atoms with Crippen molar-refractivity contribution >= 4 is 81.2 Å². The largest absolute Gasteiger partial charge is 0.456 e. The normalized spacial score (nSPS) is 13.0. The summed E-state index contributed by atoms with van der Waals surface area (Å²) in [6.07, 6.45) is -0.384. The Balaban J connectivity index is 0.989. The van der Waals surface area contributed by atoms with Gasteiger partial charge in [0, 0.05) is 59.4 Å². The fourth-order valence-corrected chi connectivity index (χ4v) is 8.56. The Hall–Kier alpha value is -6.21. The maximum atomic E-state index is 6.70. The Kier molecular flexibility index (Phi) is 6.98. The standard InChI is InChI=1S/C45H31N3O2S/c46-44(29-21-23-33-32-13-4-6-18-38(32)49-39(33)25-29)48-45(27-10-2-1-3-11-27)47-26-30-12-8-16-36-34-22-20-28(24-40(34)50-42(30)36)31-15-9-17-37-35-14-5-7-19-41(35)51-43(31)37/h1-25,45,47H,26H2,(H2,46,48). The number of nitrogens with one attached hydrogen (secondary N) is 1. The molecule has 6 heteroatoms. The number of nitrogens with zero attached hydrogens (tertiary/aromatic N) is 1. The third-order valence-corrected chi connectivity index (χ3v) is 11.1. The lowest BCUT2D eigenvalue weighted by Crippen LogP contribution is -2.24. The van der Waals surface area contributed by atoms with E-state index in [-0.39, 0.29) is 6.17 Å². The molecule has 0 radical (unpaired) electrons. The number of benzene rings is 7. The first-order valence-electron chi connectivity index (χ1n) is 17.1. The van der Waals surface area contributed by atoms with E-state index in [4.69, 9.17) is 19.6 Å². The maximum Gasteiger partial charge on any atom is 0.139 e. The molecule has 3 aromatic heterocycles. The summed E-state index contributed by atoms with van der Waals surface area (Å²) < 4.78 is 15.4. The molecule has 0 aliphatic heterocycles. The van der Waals surface area contributed by atoms with Gasteiger partial charge in [0.15, 0.2) is 0 Å². The van der Waals surface area contributed by atoms with Gasteiger partial charge in [0.05, 0.1) is 0 Å². The molecule has 0 spiro atoms. The molecule has 5 nitrogen and oxygen atoms in total. The van der Waals surface area contributed by atoms with E-state index in [1.165, 1.54) is 25.7 Å². The van der Waals surface area contributed by atoms with Gasteiger partial charge in [-0.05, 0) is 53.1 Å². The Bertz CT molecular complexity index is 2950. The molecule has 51 heavy (non-hydrogen) atoms. The maximum absolute atomic E-state index is 6.70. The van der Waals surface area contributed by atoms with E-state index in [0.29, 0.717) is 12.4 Å². The highest BCUT2D eigenvalue weighted by molar-refractivity contribution is 7.26. The Morgan fingerprint density at radius 2 is 1.31 bits per heavy atom. The Morgan fingerprint density at radius 3 is 2.24 bits per heavy atom. The van der Waals surface area contributed by atoms with Crippen LogP contribution in [0.25, 0.3) is 75.2 Å². The molecule has 0 fully saturated rings. The van der Waals surface area contributed by atoms with Gasteiger partial charge in [-0.2, -0.15) is 0 Å². The topological polar surface area (TPSA) is 76.7 Å². The molecule has 1 atom stereocenters. The molecule has 3 heterocycles. The van der Waals surface area contributed by atoms with Gasteiger partial charge >= 0.3 is 0 Å². The van der Waals surface area contributed by atoms with E-state index in [0.717, 1.165) is 66.1 Å². The summed E-state index contributed by atoms with van der Waals surface area (Å²) >= 11 is 1.84. The zero-order valence-corrected chi connectivity index (χ0v) is 28.3. The lowest BCUT2D eigenvalue weighted by atomic mass is 10.0. The first-order chi connectivity index (χ1) is 25.2. The van der Waals surface area contributed by atoms with Crippen molar-refractivity contribution in [3.63, 3.8) is 0 Å². The van der Waals surface area contributed by atoms with E-state index in [2.05, 4.69) is 108 Å². The third kappa shape index (κ3) is 5.07. The van der Waals surface area contributed by atoms with Crippen LogP contribution in [-0.2, 0) is 6.54 Å². The summed E-state index contributed by atoms with van der Waals surface area (Å²) in [7, 11) is 0. The number of thiophene rings is 1. The first kappa shape index (κ1) is 29.7. The minimum Gasteiger partial charge on any atom is -0.456 e. The van der Waals surface area contributed by atoms with Crippen LogP contribution >= 0.6 is 11.3 Å². The Labute approximate surface area is 297 Å². The summed E-state index contributed by atoms with van der Waals surface area (Å²) in [6.45, 7) is 0.532. The van der Waals surface area contributed by atoms with Gasteiger partial charge in [-0.1, -0.05) is 115 Å². The quantitative estimate of drug-likeness (QED) is 0.130. The van der Waals surface area contributed by atoms with Crippen molar-refractivity contribution in [3.8, 4) is 11.1 Å². The highest BCUT2D eigenvalue weighted by atomic mass is 32.1. The lowest BCUT2D eigenvalue weighted by Gasteiger charge is -2.17. The third-order valence-electron chi connectivity index (χ3n) is 9.84. The number of amidine groups is 1. The molecule has 7 aromatic carbocycles. The number of rotatable bonds is 7. The molecule has 10 aromatic rings. The highest BCUT2D eigenvalue weighted by Gasteiger charge is 2.17. The predicted molar refractivity (Wildman–Crippen MR) is 213 cm³/mol. The predicted octanol–water partition coefficient (Wildman–Crippen LogP) is 11.7. The molecule has 0 saturated heterocycles. The van der Waals surface area contributed by atoms with Crippen molar-refractivity contribution in [1.82, 2.24) is 5.32 Å². The monoisotopic (exact) mass is 677 g/mol. The van der Waals surface area contributed by atoms with Gasteiger partial charge in [0.1, 0.15) is 34.3 Å². The molecule has 10 rings (SSSR count). The number of para-hydroxylation sites is 2. The number of hydrogen-bond donors (Lipinski definition) is 2. The highest BCUT2D eigenvalue weighted by Crippen LogP contribution is 2.41. The first-order valence-corrected chi connectivity index (χ1v) is 17.9. The van der Waals surface area contributed by atoms with Crippen molar-refractivity contribution < 1.29 is 8.83 Å². The average Bonchev–Trinajstić information content (AvgIpc) is 3.87. The number of hydrogen-bond acceptors (Lipinski definition) is 5. The molecule has 244 valence electrons. The number of aliphatic imine (C=N–C) groups is 1. The van der Waals surface area contributed by atoms with E-state index in [1.807, 2.05) is 59.9 Å². The molecule has 0 amide bonds. The number of nitrogens with two attached hydrogens (primary N) is 1. The number of fused-ring (bicyclic) bond motifs is 9. The Morgan fingerprint density at radius 1 is 0.608 bits per heavy atom. The molecule has 3 N–H and O–H groups in total. The summed E-state index contributed by atoms with van der Waals surface area (Å²) in [4.78, 5) is 5.01. The van der Waals surface area contributed by atoms with Gasteiger partial charge in [-0.3, -0.25) is 5.32 Å². The number of furan rings is 2. The van der Waals surface area contributed by atoms with Crippen LogP contribution in [0.15, 0.2) is 165 Å². The van der Waals surface area contributed by atoms with Crippen molar-refractivity contribution in [2.45, 2.75) is 12.7 Å². The molecule has 0 saturated carbocycles. The van der Waals surface area contributed by atoms with Crippen LogP contribution in [0.3, 0.4) is 0 Å². The second-order valence-corrected chi connectivity index (χ2v) is 14.0.